The highest BCUT2D eigenvalue weighted by atomic mass is 32.2. The van der Waals surface area contributed by atoms with E-state index in [0.29, 0.717) is 29.2 Å². The van der Waals surface area contributed by atoms with Crippen LogP contribution < -0.4 is 5.32 Å². The number of hydrogen-bond acceptors (Lipinski definition) is 3. The van der Waals surface area contributed by atoms with Crippen molar-refractivity contribution in [2.75, 3.05) is 5.75 Å². The van der Waals surface area contributed by atoms with Crippen molar-refractivity contribution in [2.45, 2.75) is 44.9 Å². The number of rotatable bonds is 5. The standard InChI is InChI=1S/C18H24N2OS/c1-13-4-3-5-14(2)18(13)20-17(21)12-22-11-16-8-6-15(10-19)7-9-16/h6-9,13-14,18H,3-5,11-12H2,1-2H3,(H,20,21)/t13-,14-/m1/s1. The molecule has 22 heavy (non-hydrogen) atoms. The number of hydrogen-bond donors (Lipinski definition) is 1. The Labute approximate surface area is 137 Å². The third-order valence-corrected chi connectivity index (χ3v) is 5.46. The molecule has 2 rings (SSSR count). The molecule has 0 aromatic heterocycles. The second kappa shape index (κ2) is 8.24. The minimum atomic E-state index is 0.143. The number of benzene rings is 1. The van der Waals surface area contributed by atoms with Crippen LogP contribution in [-0.2, 0) is 10.5 Å². The molecular formula is C18H24N2OS. The molecule has 0 bridgehead atoms. The maximum Gasteiger partial charge on any atom is 0.230 e. The van der Waals surface area contributed by atoms with Gasteiger partial charge in [0, 0.05) is 11.8 Å². The molecule has 1 amide bonds. The molecule has 1 aliphatic carbocycles. The van der Waals surface area contributed by atoms with Crippen LogP contribution in [0, 0.1) is 23.2 Å². The van der Waals surface area contributed by atoms with E-state index < -0.39 is 0 Å². The Balaban J connectivity index is 1.74. The summed E-state index contributed by atoms with van der Waals surface area (Å²) in [6, 6.07) is 9.99. The van der Waals surface area contributed by atoms with Gasteiger partial charge < -0.3 is 5.32 Å². The largest absolute Gasteiger partial charge is 0.352 e. The maximum atomic E-state index is 12.1. The highest BCUT2D eigenvalue weighted by Gasteiger charge is 2.28. The van der Waals surface area contributed by atoms with Crippen LogP contribution in [0.15, 0.2) is 24.3 Å². The van der Waals surface area contributed by atoms with E-state index in [1.165, 1.54) is 19.3 Å². The van der Waals surface area contributed by atoms with Gasteiger partial charge in [-0.3, -0.25) is 4.79 Å². The minimum Gasteiger partial charge on any atom is -0.352 e. The third-order valence-electron chi connectivity index (χ3n) is 4.46. The summed E-state index contributed by atoms with van der Waals surface area (Å²) < 4.78 is 0. The van der Waals surface area contributed by atoms with E-state index in [4.69, 9.17) is 5.26 Å². The zero-order valence-electron chi connectivity index (χ0n) is 13.3. The smallest absolute Gasteiger partial charge is 0.230 e. The Morgan fingerprint density at radius 1 is 1.27 bits per heavy atom. The van der Waals surface area contributed by atoms with Gasteiger partial charge >= 0.3 is 0 Å². The molecule has 1 fully saturated rings. The zero-order chi connectivity index (χ0) is 15.9. The van der Waals surface area contributed by atoms with Crippen LogP contribution in [0.3, 0.4) is 0 Å². The summed E-state index contributed by atoms with van der Waals surface area (Å²) in [5, 5.41) is 12.0. The summed E-state index contributed by atoms with van der Waals surface area (Å²) in [4.78, 5) is 12.1. The first-order valence-corrected chi connectivity index (χ1v) is 9.11. The predicted molar refractivity (Wildman–Crippen MR) is 91.4 cm³/mol. The van der Waals surface area contributed by atoms with Crippen LogP contribution in [0.4, 0.5) is 0 Å². The van der Waals surface area contributed by atoms with E-state index >= 15 is 0 Å². The van der Waals surface area contributed by atoms with Crippen LogP contribution in [0.25, 0.3) is 0 Å². The Morgan fingerprint density at radius 2 is 1.91 bits per heavy atom. The zero-order valence-corrected chi connectivity index (χ0v) is 14.2. The van der Waals surface area contributed by atoms with E-state index in [1.807, 2.05) is 24.3 Å². The number of thioether (sulfide) groups is 1. The molecule has 4 heteroatoms. The number of nitrogens with one attached hydrogen (secondary N) is 1. The van der Waals surface area contributed by atoms with Crippen LogP contribution in [-0.4, -0.2) is 17.7 Å². The quantitative estimate of drug-likeness (QED) is 0.900. The highest BCUT2D eigenvalue weighted by molar-refractivity contribution is 7.99. The first-order valence-electron chi connectivity index (χ1n) is 7.96. The van der Waals surface area contributed by atoms with Gasteiger partial charge in [0.25, 0.3) is 0 Å². The summed E-state index contributed by atoms with van der Waals surface area (Å²) >= 11 is 1.62. The fourth-order valence-electron chi connectivity index (χ4n) is 3.13. The maximum absolute atomic E-state index is 12.1. The van der Waals surface area contributed by atoms with Gasteiger partial charge in [-0.05, 0) is 42.4 Å². The van der Waals surface area contributed by atoms with Gasteiger partial charge in [0.2, 0.25) is 5.91 Å². The first-order chi connectivity index (χ1) is 10.6. The normalized spacial score (nSPS) is 22.0. The third kappa shape index (κ3) is 4.78. The number of nitrogens with zero attached hydrogens (tertiary/aromatic N) is 1. The molecule has 0 aliphatic heterocycles. The van der Waals surface area contributed by atoms with Crippen LogP contribution in [0.2, 0.25) is 0 Å². The molecule has 0 unspecified atom stereocenters. The van der Waals surface area contributed by atoms with Gasteiger partial charge in [-0.25, -0.2) is 0 Å². The lowest BCUT2D eigenvalue weighted by Gasteiger charge is -2.35. The predicted octanol–water partition coefficient (Wildman–Crippen LogP) is 3.73. The van der Waals surface area contributed by atoms with Gasteiger partial charge in [0.15, 0.2) is 0 Å². The van der Waals surface area contributed by atoms with Gasteiger partial charge in [-0.15, -0.1) is 11.8 Å². The van der Waals surface area contributed by atoms with Gasteiger partial charge in [-0.1, -0.05) is 32.4 Å². The fraction of sp³-hybridized carbons (Fsp3) is 0.556. The molecule has 1 N–H and O–H groups in total. The number of carbonyl (C=O) groups is 1. The van der Waals surface area contributed by atoms with E-state index in [9.17, 15) is 4.79 Å². The van der Waals surface area contributed by atoms with Crippen molar-refractivity contribution < 1.29 is 4.79 Å². The molecule has 1 aromatic carbocycles. The van der Waals surface area contributed by atoms with Crippen molar-refractivity contribution in [1.29, 1.82) is 5.26 Å². The van der Waals surface area contributed by atoms with Crippen molar-refractivity contribution in [3.63, 3.8) is 0 Å². The molecule has 1 aromatic rings. The van der Waals surface area contributed by atoms with E-state index in [2.05, 4.69) is 25.2 Å². The lowest BCUT2D eigenvalue weighted by Crippen LogP contribution is -2.46. The lowest BCUT2D eigenvalue weighted by atomic mass is 9.79. The highest BCUT2D eigenvalue weighted by Crippen LogP contribution is 2.28. The first kappa shape index (κ1) is 16.9. The Hall–Kier alpha value is -1.47. The molecule has 1 saturated carbocycles. The van der Waals surface area contributed by atoms with E-state index in [-0.39, 0.29) is 5.91 Å². The molecule has 0 radical (unpaired) electrons. The molecular weight excluding hydrogens is 292 g/mol. The SMILES string of the molecule is C[C@@H]1CCC[C@@H](C)C1NC(=O)CSCc1ccc(C#N)cc1. The second-order valence-corrected chi connectivity index (χ2v) is 7.27. The van der Waals surface area contributed by atoms with Crippen molar-refractivity contribution >= 4 is 17.7 Å². The average molecular weight is 316 g/mol. The molecule has 0 heterocycles. The second-order valence-electron chi connectivity index (χ2n) is 6.28. The summed E-state index contributed by atoms with van der Waals surface area (Å²) in [6.07, 6.45) is 3.71. The molecule has 0 spiro atoms. The van der Waals surface area contributed by atoms with Crippen molar-refractivity contribution in [1.82, 2.24) is 5.32 Å². The summed E-state index contributed by atoms with van der Waals surface area (Å²) in [5.74, 6) is 2.60. The lowest BCUT2D eigenvalue weighted by molar-refractivity contribution is -0.120. The molecule has 2 atom stereocenters. The van der Waals surface area contributed by atoms with Gasteiger partial charge in [0.1, 0.15) is 0 Å². The van der Waals surface area contributed by atoms with Crippen molar-refractivity contribution in [2.24, 2.45) is 11.8 Å². The van der Waals surface area contributed by atoms with Crippen LogP contribution >= 0.6 is 11.8 Å². The Bertz CT molecular complexity index is 525. The van der Waals surface area contributed by atoms with E-state index in [0.717, 1.165) is 11.3 Å². The minimum absolute atomic E-state index is 0.143. The topological polar surface area (TPSA) is 52.9 Å². The van der Waals surface area contributed by atoms with Crippen molar-refractivity contribution in [3.05, 3.63) is 35.4 Å². The van der Waals surface area contributed by atoms with Crippen LogP contribution in [0.5, 0.6) is 0 Å². The molecule has 3 nitrogen and oxygen atoms in total. The molecule has 1 aliphatic rings. The monoisotopic (exact) mass is 316 g/mol. The van der Waals surface area contributed by atoms with Crippen LogP contribution in [0.1, 0.15) is 44.2 Å². The number of amides is 1. The van der Waals surface area contributed by atoms with Gasteiger partial charge in [-0.2, -0.15) is 5.26 Å². The van der Waals surface area contributed by atoms with Gasteiger partial charge in [0.05, 0.1) is 17.4 Å². The molecule has 0 saturated heterocycles. The number of nitriles is 1. The van der Waals surface area contributed by atoms with Crippen molar-refractivity contribution in [3.8, 4) is 6.07 Å². The fourth-order valence-corrected chi connectivity index (χ4v) is 3.93. The summed E-state index contributed by atoms with van der Waals surface area (Å²) in [6.45, 7) is 4.48. The number of carbonyl (C=O) groups excluding carboxylic acids is 1. The molecule has 118 valence electrons. The summed E-state index contributed by atoms with van der Waals surface area (Å²) in [5.41, 5.74) is 1.82. The van der Waals surface area contributed by atoms with E-state index in [1.54, 1.807) is 11.8 Å². The summed E-state index contributed by atoms with van der Waals surface area (Å²) in [7, 11) is 0. The average Bonchev–Trinajstić information content (AvgIpc) is 2.52. The Morgan fingerprint density at radius 3 is 2.50 bits per heavy atom. The Kier molecular flexibility index (Phi) is 6.33.